The zero-order valence-corrected chi connectivity index (χ0v) is 12.9. The van der Waals surface area contributed by atoms with Crippen LogP contribution in [0, 0.1) is 5.92 Å². The molecular formula is C16H21BrO2. The zero-order chi connectivity index (χ0) is 13.5. The molecule has 2 aliphatic rings. The smallest absolute Gasteiger partial charge is 0.0898 e. The summed E-state index contributed by atoms with van der Waals surface area (Å²) >= 11 is 3.45. The molecule has 19 heavy (non-hydrogen) atoms. The first-order chi connectivity index (χ1) is 9.05. The van der Waals surface area contributed by atoms with E-state index in [0.717, 1.165) is 35.7 Å². The highest BCUT2D eigenvalue weighted by Crippen LogP contribution is 2.43. The molecule has 2 bridgehead atoms. The highest BCUT2D eigenvalue weighted by Gasteiger charge is 2.42. The third-order valence-electron chi connectivity index (χ3n) is 4.76. The van der Waals surface area contributed by atoms with Gasteiger partial charge < -0.3 is 9.84 Å². The summed E-state index contributed by atoms with van der Waals surface area (Å²) in [5.41, 5.74) is 0.263. The first kappa shape index (κ1) is 13.6. The fourth-order valence-electron chi connectivity index (χ4n) is 3.54. The van der Waals surface area contributed by atoms with E-state index in [4.69, 9.17) is 4.74 Å². The van der Waals surface area contributed by atoms with E-state index in [-0.39, 0.29) is 0 Å². The molecule has 0 amide bonds. The Morgan fingerprint density at radius 2 is 1.74 bits per heavy atom. The number of ether oxygens (including phenoxy) is 1. The van der Waals surface area contributed by atoms with Crippen molar-refractivity contribution in [2.75, 3.05) is 0 Å². The molecule has 0 spiro atoms. The van der Waals surface area contributed by atoms with Gasteiger partial charge in [-0.3, -0.25) is 0 Å². The van der Waals surface area contributed by atoms with Crippen LogP contribution in [0.1, 0.15) is 44.6 Å². The molecule has 2 aliphatic heterocycles. The van der Waals surface area contributed by atoms with E-state index in [9.17, 15) is 5.11 Å². The van der Waals surface area contributed by atoms with Crippen molar-refractivity contribution in [1.82, 2.24) is 0 Å². The van der Waals surface area contributed by atoms with Crippen molar-refractivity contribution in [3.05, 3.63) is 34.3 Å². The molecule has 1 N–H and O–H groups in total. The van der Waals surface area contributed by atoms with Gasteiger partial charge in [-0.25, -0.2) is 0 Å². The number of aliphatic hydroxyl groups is 1. The largest absolute Gasteiger partial charge is 0.385 e. The van der Waals surface area contributed by atoms with Crippen molar-refractivity contribution in [2.45, 2.75) is 56.8 Å². The molecule has 2 saturated heterocycles. The third-order valence-corrected chi connectivity index (χ3v) is 5.28. The van der Waals surface area contributed by atoms with E-state index < -0.39 is 5.60 Å². The summed E-state index contributed by atoms with van der Waals surface area (Å²) < 4.78 is 7.04. The van der Waals surface area contributed by atoms with Gasteiger partial charge in [0.25, 0.3) is 0 Å². The van der Waals surface area contributed by atoms with Gasteiger partial charge in [0.15, 0.2) is 0 Å². The molecule has 3 heteroatoms. The number of hydrogen-bond acceptors (Lipinski definition) is 2. The second kappa shape index (κ2) is 5.19. The molecule has 3 atom stereocenters. The minimum absolute atomic E-state index is 0.303. The number of rotatable bonds is 2. The van der Waals surface area contributed by atoms with Crippen LogP contribution in [0.2, 0.25) is 0 Å². The number of fused-ring (bicyclic) bond motifs is 2. The first-order valence-corrected chi connectivity index (χ1v) is 7.99. The van der Waals surface area contributed by atoms with Crippen LogP contribution in [0.25, 0.3) is 0 Å². The van der Waals surface area contributed by atoms with Crippen molar-refractivity contribution >= 4 is 15.9 Å². The summed E-state index contributed by atoms with van der Waals surface area (Å²) in [6.07, 6.45) is 6.29. The van der Waals surface area contributed by atoms with Crippen molar-refractivity contribution in [3.63, 3.8) is 0 Å². The lowest BCUT2D eigenvalue weighted by atomic mass is 9.73. The zero-order valence-electron chi connectivity index (χ0n) is 11.3. The Morgan fingerprint density at radius 3 is 2.32 bits per heavy atom. The van der Waals surface area contributed by atoms with E-state index in [1.54, 1.807) is 0 Å². The molecule has 1 aromatic carbocycles. The van der Waals surface area contributed by atoms with E-state index >= 15 is 0 Å². The van der Waals surface area contributed by atoms with Gasteiger partial charge in [0.2, 0.25) is 0 Å². The van der Waals surface area contributed by atoms with Crippen LogP contribution in [-0.2, 0) is 10.3 Å². The second-order valence-electron chi connectivity index (χ2n) is 6.13. The maximum atomic E-state index is 11.0. The molecule has 1 aromatic rings. The van der Waals surface area contributed by atoms with Crippen LogP contribution in [0.5, 0.6) is 0 Å². The van der Waals surface area contributed by atoms with Crippen molar-refractivity contribution in [2.24, 2.45) is 5.92 Å². The van der Waals surface area contributed by atoms with Crippen LogP contribution in [0.3, 0.4) is 0 Å². The minimum atomic E-state index is -0.752. The number of benzene rings is 1. The summed E-state index contributed by atoms with van der Waals surface area (Å²) in [6.45, 7) is 1.96. The first-order valence-electron chi connectivity index (χ1n) is 7.19. The fourth-order valence-corrected chi connectivity index (χ4v) is 3.81. The molecule has 104 valence electrons. The van der Waals surface area contributed by atoms with Gasteiger partial charge in [-0.05, 0) is 62.6 Å². The predicted molar refractivity (Wildman–Crippen MR) is 78.9 cm³/mol. The molecule has 2 fully saturated rings. The summed E-state index contributed by atoms with van der Waals surface area (Å²) in [4.78, 5) is 0. The van der Waals surface area contributed by atoms with E-state index in [2.05, 4.69) is 15.9 Å². The van der Waals surface area contributed by atoms with Gasteiger partial charge in [-0.15, -0.1) is 0 Å². The topological polar surface area (TPSA) is 29.5 Å². The summed E-state index contributed by atoms with van der Waals surface area (Å²) in [7, 11) is 0. The maximum Gasteiger partial charge on any atom is 0.0898 e. The van der Waals surface area contributed by atoms with Gasteiger partial charge in [0.05, 0.1) is 17.8 Å². The van der Waals surface area contributed by atoms with Crippen molar-refractivity contribution < 1.29 is 9.84 Å². The van der Waals surface area contributed by atoms with Crippen LogP contribution in [0.15, 0.2) is 28.7 Å². The standard InChI is InChI=1S/C16H21BrO2/c1-16(18,11-5-7-13(17)8-6-11)12-9-14-3-2-4-15(10-12)19-14/h5-8,12,14-15,18H,2-4,9-10H2,1H3. The number of hydrogen-bond donors (Lipinski definition) is 1. The number of halogens is 1. The SMILES string of the molecule is CC(O)(c1ccc(Br)cc1)C1CC2CCCC(C1)O2. The average Bonchev–Trinajstić information content (AvgIpc) is 2.38. The fraction of sp³-hybridized carbons (Fsp3) is 0.625. The predicted octanol–water partition coefficient (Wildman–Crippen LogP) is 4.00. The van der Waals surface area contributed by atoms with Gasteiger partial charge in [0.1, 0.15) is 0 Å². The molecule has 0 aliphatic carbocycles. The minimum Gasteiger partial charge on any atom is -0.385 e. The van der Waals surface area contributed by atoms with E-state index in [1.807, 2.05) is 31.2 Å². The molecule has 2 heterocycles. The Bertz CT molecular complexity index is 429. The van der Waals surface area contributed by atoms with Crippen LogP contribution in [0.4, 0.5) is 0 Å². The summed E-state index contributed by atoms with van der Waals surface area (Å²) in [6, 6.07) is 8.05. The lowest BCUT2D eigenvalue weighted by Gasteiger charge is -2.45. The molecule has 0 radical (unpaired) electrons. The quantitative estimate of drug-likeness (QED) is 0.890. The van der Waals surface area contributed by atoms with Crippen molar-refractivity contribution in [1.29, 1.82) is 0 Å². The van der Waals surface area contributed by atoms with Crippen LogP contribution < -0.4 is 0 Å². The monoisotopic (exact) mass is 324 g/mol. The molecule has 3 rings (SSSR count). The normalized spacial score (nSPS) is 33.7. The van der Waals surface area contributed by atoms with Gasteiger partial charge in [-0.1, -0.05) is 28.1 Å². The second-order valence-corrected chi connectivity index (χ2v) is 7.05. The van der Waals surface area contributed by atoms with Crippen molar-refractivity contribution in [3.8, 4) is 0 Å². The van der Waals surface area contributed by atoms with Gasteiger partial charge >= 0.3 is 0 Å². The Kier molecular flexibility index (Phi) is 3.71. The van der Waals surface area contributed by atoms with E-state index in [1.165, 1.54) is 6.42 Å². The third kappa shape index (κ3) is 2.74. The summed E-state index contributed by atoms with van der Waals surface area (Å²) in [5.74, 6) is 0.303. The maximum absolute atomic E-state index is 11.0. The molecular weight excluding hydrogens is 304 g/mol. The molecule has 0 saturated carbocycles. The van der Waals surface area contributed by atoms with Crippen LogP contribution >= 0.6 is 15.9 Å². The Balaban J connectivity index is 1.81. The van der Waals surface area contributed by atoms with Gasteiger partial charge in [0, 0.05) is 4.47 Å². The van der Waals surface area contributed by atoms with E-state index in [0.29, 0.717) is 18.1 Å². The molecule has 2 nitrogen and oxygen atoms in total. The highest BCUT2D eigenvalue weighted by atomic mass is 79.9. The average molecular weight is 325 g/mol. The summed E-state index contributed by atoms with van der Waals surface area (Å²) in [5, 5.41) is 11.0. The Labute approximate surface area is 123 Å². The Hall–Kier alpha value is -0.380. The van der Waals surface area contributed by atoms with Gasteiger partial charge in [-0.2, -0.15) is 0 Å². The lowest BCUT2D eigenvalue weighted by molar-refractivity contribution is -0.144. The molecule has 3 unspecified atom stereocenters. The van der Waals surface area contributed by atoms with Crippen LogP contribution in [-0.4, -0.2) is 17.3 Å². The lowest BCUT2D eigenvalue weighted by Crippen LogP contribution is -2.44. The highest BCUT2D eigenvalue weighted by molar-refractivity contribution is 9.10. The Morgan fingerprint density at radius 1 is 1.16 bits per heavy atom. The molecule has 0 aromatic heterocycles.